The van der Waals surface area contributed by atoms with Crippen LogP contribution in [0.1, 0.15) is 19.8 Å². The molecule has 0 unspecified atom stereocenters. The standard InChI is InChI=1S/C27H34N4O7S/c1-27(26(33)29-34,39(2,35)36)10-12-31-19-28-24-18-21(6-9-23(24)25(31)32)20-4-7-22(8-5-20)38-15-3-11-30-13-16-37-17-14-30/h4-9,18-19,34H,3,10-17H2,1-2H3,(H,29,33)/t27-/m1/s1. The summed E-state index contributed by atoms with van der Waals surface area (Å²) in [5, 5.41) is 9.37. The van der Waals surface area contributed by atoms with E-state index in [1.807, 2.05) is 36.4 Å². The molecule has 210 valence electrons. The van der Waals surface area contributed by atoms with Crippen LogP contribution in [0, 0.1) is 0 Å². The lowest BCUT2D eigenvalue weighted by Crippen LogP contribution is -2.50. The average molecular weight is 559 g/mol. The third-order valence-electron chi connectivity index (χ3n) is 7.23. The first-order valence-electron chi connectivity index (χ1n) is 12.8. The number of amides is 1. The topological polar surface area (TPSA) is 140 Å². The summed E-state index contributed by atoms with van der Waals surface area (Å²) in [6.45, 7) is 6.28. The molecule has 1 aromatic heterocycles. The number of sulfone groups is 1. The molecule has 3 aromatic rings. The Labute approximate surface area is 227 Å². The first kappa shape index (κ1) is 28.7. The Morgan fingerprint density at radius 1 is 1.13 bits per heavy atom. The zero-order valence-corrected chi connectivity index (χ0v) is 22.9. The number of hydroxylamine groups is 1. The molecular weight excluding hydrogens is 524 g/mol. The lowest BCUT2D eigenvalue weighted by atomic mass is 10.0. The van der Waals surface area contributed by atoms with Crippen LogP contribution in [0.4, 0.5) is 0 Å². The average Bonchev–Trinajstić information content (AvgIpc) is 2.94. The molecule has 12 heteroatoms. The molecular formula is C27H34N4O7S. The lowest BCUT2D eigenvalue weighted by Gasteiger charge is -2.26. The second-order valence-corrected chi connectivity index (χ2v) is 12.3. The molecule has 0 bridgehead atoms. The molecule has 1 saturated heterocycles. The van der Waals surface area contributed by atoms with Crippen LogP contribution in [-0.4, -0.2) is 84.4 Å². The number of nitrogens with zero attached hydrogens (tertiary/aromatic N) is 3. The van der Waals surface area contributed by atoms with Crippen molar-refractivity contribution in [1.29, 1.82) is 0 Å². The van der Waals surface area contributed by atoms with Crippen LogP contribution in [0.3, 0.4) is 0 Å². The Kier molecular flexibility index (Phi) is 9.01. The minimum Gasteiger partial charge on any atom is -0.494 e. The van der Waals surface area contributed by atoms with Crippen molar-refractivity contribution in [2.24, 2.45) is 0 Å². The van der Waals surface area contributed by atoms with E-state index < -0.39 is 20.5 Å². The number of carbonyl (C=O) groups excluding carboxylic acids is 1. The van der Waals surface area contributed by atoms with Crippen LogP contribution >= 0.6 is 0 Å². The third-order valence-corrected chi connectivity index (χ3v) is 9.26. The number of nitrogens with one attached hydrogen (secondary N) is 1. The minimum atomic E-state index is -3.88. The Morgan fingerprint density at radius 2 is 1.82 bits per heavy atom. The van der Waals surface area contributed by atoms with Crippen LogP contribution < -0.4 is 15.8 Å². The molecule has 2 heterocycles. The van der Waals surface area contributed by atoms with Crippen molar-refractivity contribution < 1.29 is 27.9 Å². The molecule has 0 spiro atoms. The van der Waals surface area contributed by atoms with Gasteiger partial charge in [-0.3, -0.25) is 24.3 Å². The predicted molar refractivity (Wildman–Crippen MR) is 147 cm³/mol. The molecule has 1 aliphatic rings. The lowest BCUT2D eigenvalue weighted by molar-refractivity contribution is -0.131. The molecule has 0 radical (unpaired) electrons. The number of fused-ring (bicyclic) bond motifs is 1. The van der Waals surface area contributed by atoms with Crippen molar-refractivity contribution in [3.05, 3.63) is 59.1 Å². The number of hydrogen-bond acceptors (Lipinski definition) is 9. The summed E-state index contributed by atoms with van der Waals surface area (Å²) in [5.74, 6) is -0.264. The normalized spacial score (nSPS) is 16.1. The van der Waals surface area contributed by atoms with Crippen molar-refractivity contribution in [3.63, 3.8) is 0 Å². The number of hydrogen-bond donors (Lipinski definition) is 2. The maximum absolute atomic E-state index is 13.1. The van der Waals surface area contributed by atoms with Gasteiger partial charge in [-0.2, -0.15) is 0 Å². The van der Waals surface area contributed by atoms with Gasteiger partial charge >= 0.3 is 0 Å². The van der Waals surface area contributed by atoms with E-state index in [0.717, 1.165) is 62.4 Å². The summed E-state index contributed by atoms with van der Waals surface area (Å²) >= 11 is 0. The van der Waals surface area contributed by atoms with Gasteiger partial charge in [0.2, 0.25) is 0 Å². The fraction of sp³-hybridized carbons (Fsp3) is 0.444. The molecule has 11 nitrogen and oxygen atoms in total. The first-order valence-corrected chi connectivity index (χ1v) is 14.7. The fourth-order valence-electron chi connectivity index (χ4n) is 4.46. The second kappa shape index (κ2) is 12.2. The van der Waals surface area contributed by atoms with E-state index in [0.29, 0.717) is 17.5 Å². The number of morpholine rings is 1. The molecule has 0 saturated carbocycles. The zero-order chi connectivity index (χ0) is 28.0. The van der Waals surface area contributed by atoms with Gasteiger partial charge in [0.1, 0.15) is 5.75 Å². The first-order chi connectivity index (χ1) is 18.6. The van der Waals surface area contributed by atoms with Crippen LogP contribution in [0.15, 0.2) is 53.6 Å². The van der Waals surface area contributed by atoms with E-state index in [1.165, 1.54) is 23.3 Å². The summed E-state index contributed by atoms with van der Waals surface area (Å²) in [6.07, 6.45) is 2.97. The van der Waals surface area contributed by atoms with E-state index in [1.54, 1.807) is 6.07 Å². The molecule has 1 atom stereocenters. The minimum absolute atomic E-state index is 0.0750. The van der Waals surface area contributed by atoms with Gasteiger partial charge in [-0.1, -0.05) is 18.2 Å². The van der Waals surface area contributed by atoms with E-state index in [4.69, 9.17) is 14.7 Å². The van der Waals surface area contributed by atoms with Crippen molar-refractivity contribution in [3.8, 4) is 16.9 Å². The number of aryl methyl sites for hydroxylation is 1. The predicted octanol–water partition coefficient (Wildman–Crippen LogP) is 1.86. The number of benzene rings is 2. The van der Waals surface area contributed by atoms with Gasteiger partial charge in [0.25, 0.3) is 11.5 Å². The number of ether oxygens (including phenoxy) is 2. The van der Waals surface area contributed by atoms with Crippen LogP contribution in [0.25, 0.3) is 22.0 Å². The second-order valence-electron chi connectivity index (χ2n) is 9.85. The van der Waals surface area contributed by atoms with Crippen molar-refractivity contribution >= 4 is 26.6 Å². The maximum Gasteiger partial charge on any atom is 0.264 e. The highest BCUT2D eigenvalue weighted by molar-refractivity contribution is 7.92. The van der Waals surface area contributed by atoms with Crippen molar-refractivity contribution in [1.82, 2.24) is 19.9 Å². The van der Waals surface area contributed by atoms with Gasteiger partial charge in [0.15, 0.2) is 14.6 Å². The molecule has 1 amide bonds. The van der Waals surface area contributed by atoms with Gasteiger partial charge in [-0.15, -0.1) is 0 Å². The highest BCUT2D eigenvalue weighted by atomic mass is 32.2. The summed E-state index contributed by atoms with van der Waals surface area (Å²) in [6, 6.07) is 13.1. The number of aromatic nitrogens is 2. The third kappa shape index (κ3) is 6.64. The quantitative estimate of drug-likeness (QED) is 0.205. The summed E-state index contributed by atoms with van der Waals surface area (Å²) in [5.41, 5.74) is 3.38. The zero-order valence-electron chi connectivity index (χ0n) is 22.1. The van der Waals surface area contributed by atoms with Crippen molar-refractivity contribution in [2.75, 3.05) is 45.7 Å². The highest BCUT2D eigenvalue weighted by Crippen LogP contribution is 2.25. The van der Waals surface area contributed by atoms with Gasteiger partial charge in [0.05, 0.1) is 37.1 Å². The van der Waals surface area contributed by atoms with E-state index >= 15 is 0 Å². The SMILES string of the molecule is C[C@@](CCn1cnc2cc(-c3ccc(OCCCN4CCOCC4)cc3)ccc2c1=O)(C(=O)NO)S(C)(=O)=O. The Balaban J connectivity index is 1.41. The molecule has 1 fully saturated rings. The molecule has 2 N–H and O–H groups in total. The summed E-state index contributed by atoms with van der Waals surface area (Å²) < 4.78 is 35.0. The smallest absolute Gasteiger partial charge is 0.264 e. The Hall–Kier alpha value is -3.32. The van der Waals surface area contributed by atoms with Crippen LogP contribution in [-0.2, 0) is 25.9 Å². The summed E-state index contributed by atoms with van der Waals surface area (Å²) in [7, 11) is -3.88. The van der Waals surface area contributed by atoms with E-state index in [-0.39, 0.29) is 18.5 Å². The van der Waals surface area contributed by atoms with E-state index in [9.17, 15) is 18.0 Å². The number of rotatable bonds is 11. The maximum atomic E-state index is 13.1. The monoisotopic (exact) mass is 558 g/mol. The highest BCUT2D eigenvalue weighted by Gasteiger charge is 2.43. The molecule has 1 aliphatic heterocycles. The molecule has 2 aromatic carbocycles. The van der Waals surface area contributed by atoms with Crippen molar-refractivity contribution in [2.45, 2.75) is 31.1 Å². The van der Waals surface area contributed by atoms with Crippen LogP contribution in [0.5, 0.6) is 5.75 Å². The summed E-state index contributed by atoms with van der Waals surface area (Å²) in [4.78, 5) is 31.9. The Morgan fingerprint density at radius 3 is 2.49 bits per heavy atom. The van der Waals surface area contributed by atoms with Gasteiger partial charge in [-0.05, 0) is 55.2 Å². The molecule has 0 aliphatic carbocycles. The molecule has 39 heavy (non-hydrogen) atoms. The van der Waals surface area contributed by atoms with E-state index in [2.05, 4.69) is 9.88 Å². The Bertz CT molecular complexity index is 1470. The van der Waals surface area contributed by atoms with Gasteiger partial charge < -0.3 is 9.47 Å². The number of carbonyl (C=O) groups is 1. The fourth-order valence-corrected chi connectivity index (χ4v) is 5.31. The van der Waals surface area contributed by atoms with Gasteiger partial charge in [0, 0.05) is 32.4 Å². The molecule has 4 rings (SSSR count). The largest absolute Gasteiger partial charge is 0.494 e. The van der Waals surface area contributed by atoms with Crippen LogP contribution in [0.2, 0.25) is 0 Å². The van der Waals surface area contributed by atoms with Gasteiger partial charge in [-0.25, -0.2) is 18.9 Å².